The van der Waals surface area contributed by atoms with Gasteiger partial charge < -0.3 is 15.5 Å². The first kappa shape index (κ1) is 23.3. The Morgan fingerprint density at radius 3 is 2.85 bits per heavy atom. The van der Waals surface area contributed by atoms with Crippen molar-refractivity contribution < 1.29 is 18.0 Å². The number of rotatable bonds is 5. The van der Waals surface area contributed by atoms with E-state index in [2.05, 4.69) is 15.0 Å². The number of anilines is 2. The van der Waals surface area contributed by atoms with Crippen LogP contribution in [-0.2, 0) is 19.6 Å². The second-order valence-electron chi connectivity index (χ2n) is 8.09. The van der Waals surface area contributed by atoms with E-state index in [-0.39, 0.29) is 23.1 Å². The quantitative estimate of drug-likeness (QED) is 0.667. The number of benzene rings is 2. The van der Waals surface area contributed by atoms with Crippen LogP contribution < -0.4 is 10.6 Å². The lowest BCUT2D eigenvalue weighted by atomic mass is 10.2. The summed E-state index contributed by atoms with van der Waals surface area (Å²) >= 11 is 1.34. The molecule has 0 aliphatic carbocycles. The van der Waals surface area contributed by atoms with Crippen LogP contribution in [-0.4, -0.2) is 49.8 Å². The van der Waals surface area contributed by atoms with Gasteiger partial charge in [0.2, 0.25) is 11.8 Å². The van der Waals surface area contributed by atoms with Crippen molar-refractivity contribution in [1.29, 1.82) is 0 Å². The predicted octanol–water partition coefficient (Wildman–Crippen LogP) is 3.72. The third-order valence-corrected chi connectivity index (χ3v) is 8.13. The fraction of sp³-hybridized carbons (Fsp3) is 0.348. The van der Waals surface area contributed by atoms with Crippen LogP contribution in [0, 0.1) is 0 Å². The van der Waals surface area contributed by atoms with E-state index in [0.717, 1.165) is 36.4 Å². The average Bonchev–Trinajstić information content (AvgIpc) is 2.98. The second kappa shape index (κ2) is 9.96. The topological polar surface area (TPSA) is 108 Å². The van der Waals surface area contributed by atoms with Crippen LogP contribution in [0.25, 0.3) is 0 Å². The summed E-state index contributed by atoms with van der Waals surface area (Å²) in [6, 6.07) is 13.5. The molecule has 1 unspecified atom stereocenters. The smallest absolute Gasteiger partial charge is 0.284 e. The fourth-order valence-corrected chi connectivity index (χ4v) is 6.03. The number of carbonyl (C=O) groups excluding carboxylic acids is 2. The van der Waals surface area contributed by atoms with Crippen molar-refractivity contribution in [2.45, 2.75) is 47.1 Å². The maximum absolute atomic E-state index is 12.9. The van der Waals surface area contributed by atoms with Crippen molar-refractivity contribution >= 4 is 50.8 Å². The van der Waals surface area contributed by atoms with E-state index in [1.807, 2.05) is 36.2 Å². The number of nitrogens with zero attached hydrogens (tertiary/aromatic N) is 2. The molecule has 0 saturated carbocycles. The molecule has 174 valence electrons. The van der Waals surface area contributed by atoms with Gasteiger partial charge in [0, 0.05) is 37.0 Å². The molecular weight excluding hydrogens is 460 g/mol. The van der Waals surface area contributed by atoms with Gasteiger partial charge in [-0.2, -0.15) is 8.42 Å². The first-order valence-corrected chi connectivity index (χ1v) is 13.2. The Bertz CT molecular complexity index is 1200. The van der Waals surface area contributed by atoms with E-state index in [0.29, 0.717) is 17.9 Å². The normalized spacial score (nSPS) is 20.0. The molecule has 2 aromatic carbocycles. The number of carbonyl (C=O) groups is 2. The van der Waals surface area contributed by atoms with E-state index >= 15 is 0 Å². The molecule has 1 atom stereocenters. The summed E-state index contributed by atoms with van der Waals surface area (Å²) in [6.07, 6.45) is 3.56. The molecule has 2 aliphatic rings. The summed E-state index contributed by atoms with van der Waals surface area (Å²) in [5.74, 6) is -0.0394. The number of thioether (sulfide) groups is 1. The Kier molecular flexibility index (Phi) is 7.04. The van der Waals surface area contributed by atoms with E-state index in [4.69, 9.17) is 0 Å². The van der Waals surface area contributed by atoms with Gasteiger partial charge in [-0.3, -0.25) is 9.59 Å². The lowest BCUT2D eigenvalue weighted by Gasteiger charge is -2.23. The lowest BCUT2D eigenvalue weighted by molar-refractivity contribution is -0.120. The summed E-state index contributed by atoms with van der Waals surface area (Å²) < 4.78 is 29.8. The van der Waals surface area contributed by atoms with E-state index in [1.165, 1.54) is 23.9 Å². The highest BCUT2D eigenvalue weighted by molar-refractivity contribution is 8.01. The van der Waals surface area contributed by atoms with Gasteiger partial charge in [0.25, 0.3) is 10.0 Å². The molecule has 1 fully saturated rings. The van der Waals surface area contributed by atoms with Crippen LogP contribution in [0.5, 0.6) is 0 Å². The van der Waals surface area contributed by atoms with Gasteiger partial charge in [-0.1, -0.05) is 24.6 Å². The Morgan fingerprint density at radius 1 is 1.18 bits per heavy atom. The minimum Gasteiger partial charge on any atom is -0.362 e. The van der Waals surface area contributed by atoms with Gasteiger partial charge >= 0.3 is 0 Å². The van der Waals surface area contributed by atoms with Crippen molar-refractivity contribution in [1.82, 2.24) is 4.90 Å². The summed E-state index contributed by atoms with van der Waals surface area (Å²) in [6.45, 7) is 0.779. The molecule has 2 aliphatic heterocycles. The van der Waals surface area contributed by atoms with E-state index < -0.39 is 15.3 Å². The Morgan fingerprint density at radius 2 is 2.00 bits per heavy atom. The zero-order valence-electron chi connectivity index (χ0n) is 18.3. The number of nitrogens with one attached hydrogen (secondary N) is 2. The van der Waals surface area contributed by atoms with Crippen LogP contribution in [0.2, 0.25) is 0 Å². The number of amidine groups is 1. The second-order valence-corrected chi connectivity index (χ2v) is 10.9. The molecule has 2 amide bonds. The maximum Gasteiger partial charge on any atom is 0.284 e. The highest BCUT2D eigenvalue weighted by atomic mass is 32.2. The first-order valence-electron chi connectivity index (χ1n) is 10.8. The molecule has 10 heteroatoms. The maximum atomic E-state index is 12.9. The molecule has 0 aromatic heterocycles. The number of amides is 2. The number of fused-ring (bicyclic) bond motifs is 1. The molecule has 0 bridgehead atoms. The summed E-state index contributed by atoms with van der Waals surface area (Å²) in [7, 11) is -2.05. The average molecular weight is 487 g/mol. The van der Waals surface area contributed by atoms with Crippen molar-refractivity contribution in [2.24, 2.45) is 4.40 Å². The van der Waals surface area contributed by atoms with Gasteiger partial charge in [0.15, 0.2) is 0 Å². The van der Waals surface area contributed by atoms with Crippen molar-refractivity contribution in [2.75, 3.05) is 24.2 Å². The van der Waals surface area contributed by atoms with Gasteiger partial charge in [-0.15, -0.1) is 16.2 Å². The summed E-state index contributed by atoms with van der Waals surface area (Å²) in [5.41, 5.74) is 1.08. The number of hydrogen-bond donors (Lipinski definition) is 2. The molecular formula is C23H26N4O4S2. The molecule has 4 rings (SSSR count). The summed E-state index contributed by atoms with van der Waals surface area (Å²) in [5, 5.41) is 4.96. The summed E-state index contributed by atoms with van der Waals surface area (Å²) in [4.78, 5) is 27.8. The number of para-hydroxylation sites is 1. The standard InChI is InChI=1S/C23H26N4O4S2/c1-27-13-6-2-3-12-21(27)26-33(30,31)17-9-7-8-16(14-17)24-22(28)15-20-23(29)25-18-10-4-5-11-19(18)32-20/h4-5,7-11,14,20H,2-3,6,12-13,15H2,1H3,(H,24,28)(H,25,29)/b26-21-. The molecule has 8 nitrogen and oxygen atoms in total. The number of sulfonamides is 1. The van der Waals surface area contributed by atoms with Gasteiger partial charge in [-0.25, -0.2) is 0 Å². The van der Waals surface area contributed by atoms with Crippen LogP contribution in [0.3, 0.4) is 0 Å². The minimum absolute atomic E-state index is 0.0177. The molecule has 0 radical (unpaired) electrons. The molecule has 2 heterocycles. The highest BCUT2D eigenvalue weighted by Gasteiger charge is 2.29. The van der Waals surface area contributed by atoms with Crippen molar-refractivity contribution in [3.05, 3.63) is 48.5 Å². The molecule has 0 spiro atoms. The van der Waals surface area contributed by atoms with Crippen LogP contribution in [0.1, 0.15) is 32.1 Å². The highest BCUT2D eigenvalue weighted by Crippen LogP contribution is 2.36. The third kappa shape index (κ3) is 5.75. The monoisotopic (exact) mass is 486 g/mol. The Hall–Kier alpha value is -2.85. The number of hydrogen-bond acceptors (Lipinski definition) is 5. The van der Waals surface area contributed by atoms with Crippen molar-refractivity contribution in [3.63, 3.8) is 0 Å². The molecule has 33 heavy (non-hydrogen) atoms. The molecule has 1 saturated heterocycles. The van der Waals surface area contributed by atoms with Crippen LogP contribution >= 0.6 is 11.8 Å². The van der Waals surface area contributed by atoms with Gasteiger partial charge in [0.05, 0.1) is 15.8 Å². The van der Waals surface area contributed by atoms with E-state index in [1.54, 1.807) is 12.1 Å². The third-order valence-electron chi connectivity index (χ3n) is 5.55. The predicted molar refractivity (Wildman–Crippen MR) is 130 cm³/mol. The minimum atomic E-state index is -3.91. The van der Waals surface area contributed by atoms with Crippen LogP contribution in [0.15, 0.2) is 62.7 Å². The lowest BCUT2D eigenvalue weighted by Crippen LogP contribution is -2.32. The SMILES string of the molecule is CN1CCCCC/C1=N/S(=O)(=O)c1cccc(NC(=O)CC2Sc3ccccc3NC2=O)c1. The van der Waals surface area contributed by atoms with Gasteiger partial charge in [0.1, 0.15) is 5.84 Å². The number of likely N-dealkylation sites (tertiary alicyclic amines) is 1. The van der Waals surface area contributed by atoms with Gasteiger partial charge in [-0.05, 0) is 43.2 Å². The molecule has 2 aromatic rings. The van der Waals surface area contributed by atoms with E-state index in [9.17, 15) is 18.0 Å². The fourth-order valence-electron chi connectivity index (χ4n) is 3.78. The largest absolute Gasteiger partial charge is 0.362 e. The van der Waals surface area contributed by atoms with Crippen LogP contribution in [0.4, 0.5) is 11.4 Å². The zero-order valence-corrected chi connectivity index (χ0v) is 19.9. The Labute approximate surface area is 197 Å². The van der Waals surface area contributed by atoms with Crippen molar-refractivity contribution in [3.8, 4) is 0 Å². The molecule has 2 N–H and O–H groups in total. The first-order chi connectivity index (χ1) is 15.8. The Balaban J connectivity index is 1.45. The zero-order chi connectivity index (χ0) is 23.4.